The molecular formula is C23H29FN4O. The molecule has 3 aliphatic rings. The number of alkyl halides is 1. The number of hydrogen-bond donors (Lipinski definition) is 1. The minimum absolute atomic E-state index is 0.433. The number of benzene rings is 1. The second kappa shape index (κ2) is 7.82. The lowest BCUT2D eigenvalue weighted by Gasteiger charge is -2.37. The van der Waals surface area contributed by atoms with Crippen molar-refractivity contribution in [1.29, 1.82) is 0 Å². The Kier molecular flexibility index (Phi) is 5.04. The highest BCUT2D eigenvalue weighted by Crippen LogP contribution is 2.41. The predicted molar refractivity (Wildman–Crippen MR) is 115 cm³/mol. The standard InChI is InChI=1S/C23H29FN4O/c24-23(8-2-1-3-9-23)17-28-16-18-5-4-10-25-22(18)26-20-7-6-19(15-21(20)28)27-11-13-29-14-12-27/h4-7,10,15H,1-3,8-9,11-14,16-17H2,(H,25,26). The van der Waals surface area contributed by atoms with Crippen LogP contribution in [0.5, 0.6) is 0 Å². The van der Waals surface area contributed by atoms with Crippen LogP contribution in [0.4, 0.5) is 27.3 Å². The summed E-state index contributed by atoms with van der Waals surface area (Å²) in [6, 6.07) is 10.5. The molecule has 29 heavy (non-hydrogen) atoms. The van der Waals surface area contributed by atoms with Crippen molar-refractivity contribution in [2.45, 2.75) is 44.3 Å². The molecule has 1 saturated carbocycles. The van der Waals surface area contributed by atoms with Crippen molar-refractivity contribution in [1.82, 2.24) is 4.98 Å². The topological polar surface area (TPSA) is 40.6 Å². The van der Waals surface area contributed by atoms with Crippen LogP contribution in [0, 0.1) is 0 Å². The summed E-state index contributed by atoms with van der Waals surface area (Å²) >= 11 is 0. The number of aromatic nitrogens is 1. The smallest absolute Gasteiger partial charge is 0.135 e. The first-order valence-corrected chi connectivity index (χ1v) is 10.8. The molecule has 0 spiro atoms. The monoisotopic (exact) mass is 396 g/mol. The van der Waals surface area contributed by atoms with Gasteiger partial charge in [0, 0.05) is 37.1 Å². The van der Waals surface area contributed by atoms with Crippen molar-refractivity contribution < 1.29 is 9.13 Å². The van der Waals surface area contributed by atoms with E-state index in [0.29, 0.717) is 25.9 Å². The van der Waals surface area contributed by atoms with Crippen LogP contribution in [0.3, 0.4) is 0 Å². The Hall–Kier alpha value is -2.34. The SMILES string of the molecule is FC1(CN2Cc3cccnc3Nc3ccc(N4CCOCC4)cc32)CCCCC1. The molecule has 3 heterocycles. The minimum Gasteiger partial charge on any atom is -0.378 e. The van der Waals surface area contributed by atoms with E-state index in [4.69, 9.17) is 4.74 Å². The molecule has 1 aromatic heterocycles. The van der Waals surface area contributed by atoms with Crippen LogP contribution >= 0.6 is 0 Å². The zero-order chi connectivity index (χ0) is 19.7. The molecule has 2 aromatic rings. The summed E-state index contributed by atoms with van der Waals surface area (Å²) in [5.74, 6) is 0.868. The molecule has 1 N–H and O–H groups in total. The van der Waals surface area contributed by atoms with Crippen molar-refractivity contribution in [2.75, 3.05) is 48.0 Å². The molecule has 5 rings (SSSR count). The fraction of sp³-hybridized carbons (Fsp3) is 0.522. The van der Waals surface area contributed by atoms with Crippen LogP contribution in [0.25, 0.3) is 0 Å². The quantitative estimate of drug-likeness (QED) is 0.818. The molecule has 154 valence electrons. The Bertz CT molecular complexity index is 862. The van der Waals surface area contributed by atoms with E-state index in [9.17, 15) is 0 Å². The predicted octanol–water partition coefficient (Wildman–Crippen LogP) is 4.65. The van der Waals surface area contributed by atoms with Gasteiger partial charge in [0.2, 0.25) is 0 Å². The van der Waals surface area contributed by atoms with Gasteiger partial charge >= 0.3 is 0 Å². The van der Waals surface area contributed by atoms with E-state index in [-0.39, 0.29) is 0 Å². The van der Waals surface area contributed by atoms with E-state index >= 15 is 4.39 Å². The molecule has 2 aliphatic heterocycles. The first-order valence-electron chi connectivity index (χ1n) is 10.8. The van der Waals surface area contributed by atoms with E-state index in [0.717, 1.165) is 68.3 Å². The van der Waals surface area contributed by atoms with Gasteiger partial charge in [-0.3, -0.25) is 0 Å². The highest BCUT2D eigenvalue weighted by atomic mass is 19.1. The van der Waals surface area contributed by atoms with Crippen molar-refractivity contribution in [3.63, 3.8) is 0 Å². The third-order valence-electron chi connectivity index (χ3n) is 6.43. The number of rotatable bonds is 3. The van der Waals surface area contributed by atoms with Crippen LogP contribution in [-0.4, -0.2) is 43.5 Å². The van der Waals surface area contributed by atoms with E-state index in [1.165, 1.54) is 5.69 Å². The molecule has 0 unspecified atom stereocenters. The van der Waals surface area contributed by atoms with Gasteiger partial charge in [0.05, 0.1) is 31.1 Å². The number of nitrogens with one attached hydrogen (secondary N) is 1. The Labute approximate surface area is 171 Å². The number of pyridine rings is 1. The fourth-order valence-corrected chi connectivity index (χ4v) is 4.83. The number of ether oxygens (including phenoxy) is 1. The van der Waals surface area contributed by atoms with Gasteiger partial charge in [-0.1, -0.05) is 25.3 Å². The van der Waals surface area contributed by atoms with Crippen LogP contribution in [-0.2, 0) is 11.3 Å². The van der Waals surface area contributed by atoms with Crippen molar-refractivity contribution in [3.8, 4) is 0 Å². The molecule has 1 aromatic carbocycles. The lowest BCUT2D eigenvalue weighted by Crippen LogP contribution is -2.41. The summed E-state index contributed by atoms with van der Waals surface area (Å²) in [6.45, 7) is 4.38. The Morgan fingerprint density at radius 3 is 2.76 bits per heavy atom. The van der Waals surface area contributed by atoms with Gasteiger partial charge in [0.15, 0.2) is 0 Å². The van der Waals surface area contributed by atoms with Crippen molar-refractivity contribution >= 4 is 22.9 Å². The first-order chi connectivity index (χ1) is 14.2. The molecule has 6 heteroatoms. The highest BCUT2D eigenvalue weighted by Gasteiger charge is 2.35. The third-order valence-corrected chi connectivity index (χ3v) is 6.43. The molecule has 0 bridgehead atoms. The normalized spacial score (nSPS) is 21.0. The number of fused-ring (bicyclic) bond motifs is 2. The van der Waals surface area contributed by atoms with Gasteiger partial charge in [-0.25, -0.2) is 9.37 Å². The molecule has 1 aliphatic carbocycles. The van der Waals surface area contributed by atoms with E-state index in [2.05, 4.69) is 44.4 Å². The van der Waals surface area contributed by atoms with Crippen molar-refractivity contribution in [3.05, 3.63) is 42.1 Å². The van der Waals surface area contributed by atoms with Crippen molar-refractivity contribution in [2.24, 2.45) is 0 Å². The maximum atomic E-state index is 15.7. The average molecular weight is 397 g/mol. The summed E-state index contributed by atoms with van der Waals surface area (Å²) in [7, 11) is 0. The van der Waals surface area contributed by atoms with Gasteiger partial charge < -0.3 is 19.9 Å². The number of morpholine rings is 1. The van der Waals surface area contributed by atoms with Gasteiger partial charge in [-0.2, -0.15) is 0 Å². The summed E-state index contributed by atoms with van der Waals surface area (Å²) in [5, 5.41) is 3.49. The Balaban J connectivity index is 1.51. The number of nitrogens with zero attached hydrogens (tertiary/aromatic N) is 3. The lowest BCUT2D eigenvalue weighted by atomic mass is 9.86. The fourth-order valence-electron chi connectivity index (χ4n) is 4.83. The van der Waals surface area contributed by atoms with Gasteiger partial charge in [0.1, 0.15) is 11.5 Å². The Morgan fingerprint density at radius 1 is 1.10 bits per heavy atom. The minimum atomic E-state index is -1.11. The number of hydrogen-bond acceptors (Lipinski definition) is 5. The second-order valence-electron chi connectivity index (χ2n) is 8.50. The summed E-state index contributed by atoms with van der Waals surface area (Å²) < 4.78 is 21.2. The molecule has 0 amide bonds. The zero-order valence-electron chi connectivity index (χ0n) is 16.9. The van der Waals surface area contributed by atoms with Crippen LogP contribution < -0.4 is 15.1 Å². The Morgan fingerprint density at radius 2 is 1.93 bits per heavy atom. The number of anilines is 4. The van der Waals surface area contributed by atoms with E-state index in [1.807, 2.05) is 6.07 Å². The number of halogens is 1. The average Bonchev–Trinajstić information content (AvgIpc) is 2.90. The summed E-state index contributed by atoms with van der Waals surface area (Å²) in [6.07, 6.45) is 6.26. The molecule has 5 nitrogen and oxygen atoms in total. The van der Waals surface area contributed by atoms with E-state index in [1.54, 1.807) is 6.20 Å². The summed E-state index contributed by atoms with van der Waals surface area (Å²) in [4.78, 5) is 9.11. The molecule has 0 atom stereocenters. The molecule has 0 radical (unpaired) electrons. The maximum Gasteiger partial charge on any atom is 0.135 e. The molecule has 1 saturated heterocycles. The van der Waals surface area contributed by atoms with Gasteiger partial charge in [-0.05, 0) is 37.1 Å². The van der Waals surface area contributed by atoms with Gasteiger partial charge in [-0.15, -0.1) is 0 Å². The van der Waals surface area contributed by atoms with Gasteiger partial charge in [0.25, 0.3) is 0 Å². The van der Waals surface area contributed by atoms with E-state index < -0.39 is 5.67 Å². The highest BCUT2D eigenvalue weighted by molar-refractivity contribution is 5.81. The second-order valence-corrected chi connectivity index (χ2v) is 8.50. The van der Waals surface area contributed by atoms with Crippen LogP contribution in [0.15, 0.2) is 36.5 Å². The van der Waals surface area contributed by atoms with Crippen LogP contribution in [0.2, 0.25) is 0 Å². The van der Waals surface area contributed by atoms with Crippen LogP contribution in [0.1, 0.15) is 37.7 Å². The molecular weight excluding hydrogens is 367 g/mol. The third kappa shape index (κ3) is 3.90. The largest absolute Gasteiger partial charge is 0.378 e. The summed E-state index contributed by atoms with van der Waals surface area (Å²) in [5.41, 5.74) is 3.23. The zero-order valence-corrected chi connectivity index (χ0v) is 16.9. The lowest BCUT2D eigenvalue weighted by molar-refractivity contribution is 0.113. The first kappa shape index (κ1) is 18.7. The molecule has 2 fully saturated rings. The maximum absolute atomic E-state index is 15.7.